The minimum atomic E-state index is -0.802. The Morgan fingerprint density at radius 2 is 2.07 bits per heavy atom. The van der Waals surface area contributed by atoms with Gasteiger partial charge in [-0.3, -0.25) is 9.59 Å². The topological polar surface area (TPSA) is 69.6 Å². The number of rotatable bonds is 7. The van der Waals surface area contributed by atoms with Crippen molar-refractivity contribution in [1.82, 2.24) is 10.2 Å². The summed E-state index contributed by atoms with van der Waals surface area (Å²) in [7, 11) is 1.74. The van der Waals surface area contributed by atoms with Crippen LogP contribution in [0.2, 0.25) is 0 Å². The molecule has 0 spiro atoms. The lowest BCUT2D eigenvalue weighted by Gasteiger charge is -2.14. The highest BCUT2D eigenvalue weighted by Crippen LogP contribution is 1.86. The number of carbonyl (C=O) groups is 2. The van der Waals surface area contributed by atoms with Crippen molar-refractivity contribution in [2.45, 2.75) is 19.8 Å². The van der Waals surface area contributed by atoms with Crippen LogP contribution in [0.3, 0.4) is 0 Å². The standard InChI is InChI=1S/C9H18N2O3/c1-3-11(2)8(12)7-10-6-4-5-9(13)14/h10H,3-7H2,1-2H3,(H,13,14). The number of carboxylic acid groups (broad SMARTS) is 1. The van der Waals surface area contributed by atoms with Gasteiger partial charge < -0.3 is 15.3 Å². The van der Waals surface area contributed by atoms with Crippen LogP contribution in [0.5, 0.6) is 0 Å². The van der Waals surface area contributed by atoms with Gasteiger partial charge in [0.2, 0.25) is 5.91 Å². The largest absolute Gasteiger partial charge is 0.481 e. The molecule has 5 heteroatoms. The Kier molecular flexibility index (Phi) is 6.74. The lowest BCUT2D eigenvalue weighted by Crippen LogP contribution is -2.35. The van der Waals surface area contributed by atoms with E-state index in [9.17, 15) is 9.59 Å². The molecular weight excluding hydrogens is 184 g/mol. The Bertz CT molecular complexity index is 194. The fourth-order valence-corrected chi connectivity index (χ4v) is 0.871. The van der Waals surface area contributed by atoms with Crippen molar-refractivity contribution in [2.75, 3.05) is 26.7 Å². The van der Waals surface area contributed by atoms with Gasteiger partial charge in [-0.05, 0) is 19.9 Å². The molecule has 2 N–H and O–H groups in total. The number of amides is 1. The van der Waals surface area contributed by atoms with Crippen LogP contribution < -0.4 is 5.32 Å². The van der Waals surface area contributed by atoms with Gasteiger partial charge >= 0.3 is 5.97 Å². The van der Waals surface area contributed by atoms with E-state index in [1.54, 1.807) is 11.9 Å². The molecule has 0 bridgehead atoms. The number of nitrogens with zero attached hydrogens (tertiary/aromatic N) is 1. The van der Waals surface area contributed by atoms with Gasteiger partial charge in [0.25, 0.3) is 0 Å². The second kappa shape index (κ2) is 7.32. The minimum absolute atomic E-state index is 0.0304. The molecule has 0 heterocycles. The summed E-state index contributed by atoms with van der Waals surface area (Å²) in [4.78, 5) is 23.0. The zero-order chi connectivity index (χ0) is 11.0. The molecule has 14 heavy (non-hydrogen) atoms. The average molecular weight is 202 g/mol. The first-order valence-electron chi connectivity index (χ1n) is 4.74. The maximum absolute atomic E-state index is 11.2. The normalized spacial score (nSPS) is 9.86. The third-order valence-corrected chi connectivity index (χ3v) is 1.92. The lowest BCUT2D eigenvalue weighted by molar-refractivity contribution is -0.137. The molecule has 0 aliphatic rings. The smallest absolute Gasteiger partial charge is 0.303 e. The highest BCUT2D eigenvalue weighted by Gasteiger charge is 2.04. The number of carboxylic acids is 1. The fraction of sp³-hybridized carbons (Fsp3) is 0.778. The molecular formula is C9H18N2O3. The predicted molar refractivity (Wildman–Crippen MR) is 53.1 cm³/mol. The van der Waals surface area contributed by atoms with Crippen molar-refractivity contribution in [3.8, 4) is 0 Å². The van der Waals surface area contributed by atoms with Crippen LogP contribution in [0.4, 0.5) is 0 Å². The maximum atomic E-state index is 11.2. The van der Waals surface area contributed by atoms with E-state index in [0.717, 1.165) is 0 Å². The molecule has 0 aromatic carbocycles. The summed E-state index contributed by atoms with van der Waals surface area (Å²) in [5.74, 6) is -0.772. The molecule has 0 saturated carbocycles. The third kappa shape index (κ3) is 6.42. The number of hydrogen-bond donors (Lipinski definition) is 2. The Morgan fingerprint density at radius 3 is 2.57 bits per heavy atom. The molecule has 0 aromatic heterocycles. The first kappa shape index (κ1) is 12.9. The Balaban J connectivity index is 3.36. The van der Waals surface area contributed by atoms with Gasteiger partial charge in [0.1, 0.15) is 0 Å². The molecule has 0 unspecified atom stereocenters. The summed E-state index contributed by atoms with van der Waals surface area (Å²) < 4.78 is 0. The van der Waals surface area contributed by atoms with E-state index in [0.29, 0.717) is 19.5 Å². The first-order chi connectivity index (χ1) is 6.57. The zero-order valence-corrected chi connectivity index (χ0v) is 8.75. The molecule has 0 atom stereocenters. The predicted octanol–water partition coefficient (Wildman–Crippen LogP) is -0.0809. The number of carbonyl (C=O) groups excluding carboxylic acids is 1. The van der Waals surface area contributed by atoms with E-state index >= 15 is 0 Å². The van der Waals surface area contributed by atoms with Crippen molar-refractivity contribution in [1.29, 1.82) is 0 Å². The minimum Gasteiger partial charge on any atom is -0.481 e. The van der Waals surface area contributed by atoms with Crippen LogP contribution in [0.25, 0.3) is 0 Å². The highest BCUT2D eigenvalue weighted by atomic mass is 16.4. The fourth-order valence-electron chi connectivity index (χ4n) is 0.871. The van der Waals surface area contributed by atoms with Crippen molar-refractivity contribution in [2.24, 2.45) is 0 Å². The lowest BCUT2D eigenvalue weighted by atomic mass is 10.3. The van der Waals surface area contributed by atoms with Gasteiger partial charge in [-0.15, -0.1) is 0 Å². The van der Waals surface area contributed by atoms with Crippen LogP contribution in [0.15, 0.2) is 0 Å². The van der Waals surface area contributed by atoms with Gasteiger partial charge in [0.05, 0.1) is 6.54 Å². The Morgan fingerprint density at radius 1 is 1.43 bits per heavy atom. The van der Waals surface area contributed by atoms with Gasteiger partial charge in [-0.1, -0.05) is 0 Å². The molecule has 0 radical (unpaired) electrons. The summed E-state index contributed by atoms with van der Waals surface area (Å²) in [6, 6.07) is 0. The maximum Gasteiger partial charge on any atom is 0.303 e. The Hall–Kier alpha value is -1.10. The van der Waals surface area contributed by atoms with Crippen LogP contribution in [-0.2, 0) is 9.59 Å². The Labute approximate surface area is 84.1 Å². The second-order valence-corrected chi connectivity index (χ2v) is 3.08. The van der Waals surface area contributed by atoms with Crippen molar-refractivity contribution < 1.29 is 14.7 Å². The summed E-state index contributed by atoms with van der Waals surface area (Å²) in [5, 5.41) is 11.2. The van der Waals surface area contributed by atoms with E-state index in [-0.39, 0.29) is 18.9 Å². The summed E-state index contributed by atoms with van der Waals surface area (Å²) in [5.41, 5.74) is 0. The SMILES string of the molecule is CCN(C)C(=O)CNCCCC(=O)O. The van der Waals surface area contributed by atoms with Gasteiger partial charge in [-0.25, -0.2) is 0 Å². The van der Waals surface area contributed by atoms with Crippen LogP contribution >= 0.6 is 0 Å². The van der Waals surface area contributed by atoms with Gasteiger partial charge in [-0.2, -0.15) is 0 Å². The van der Waals surface area contributed by atoms with Crippen LogP contribution in [0, 0.1) is 0 Å². The average Bonchev–Trinajstić information content (AvgIpc) is 2.15. The monoisotopic (exact) mass is 202 g/mol. The third-order valence-electron chi connectivity index (χ3n) is 1.92. The molecule has 0 aliphatic carbocycles. The van der Waals surface area contributed by atoms with Crippen molar-refractivity contribution in [3.63, 3.8) is 0 Å². The van der Waals surface area contributed by atoms with Crippen molar-refractivity contribution >= 4 is 11.9 Å². The van der Waals surface area contributed by atoms with E-state index in [4.69, 9.17) is 5.11 Å². The molecule has 1 amide bonds. The number of likely N-dealkylation sites (N-methyl/N-ethyl adjacent to an activating group) is 1. The van der Waals surface area contributed by atoms with E-state index in [2.05, 4.69) is 5.32 Å². The summed E-state index contributed by atoms with van der Waals surface area (Å²) >= 11 is 0. The van der Waals surface area contributed by atoms with Crippen LogP contribution in [0.1, 0.15) is 19.8 Å². The number of aliphatic carboxylic acids is 1. The highest BCUT2D eigenvalue weighted by molar-refractivity contribution is 5.77. The molecule has 5 nitrogen and oxygen atoms in total. The van der Waals surface area contributed by atoms with E-state index in [1.807, 2.05) is 6.92 Å². The number of nitrogens with one attached hydrogen (secondary N) is 1. The van der Waals surface area contributed by atoms with E-state index in [1.165, 1.54) is 0 Å². The molecule has 0 aliphatic heterocycles. The molecule has 0 saturated heterocycles. The molecule has 0 fully saturated rings. The number of hydrogen-bond acceptors (Lipinski definition) is 3. The molecule has 0 rings (SSSR count). The first-order valence-corrected chi connectivity index (χ1v) is 4.74. The zero-order valence-electron chi connectivity index (χ0n) is 8.75. The summed E-state index contributed by atoms with van der Waals surface area (Å²) in [6.07, 6.45) is 0.698. The van der Waals surface area contributed by atoms with E-state index < -0.39 is 5.97 Å². The molecule has 0 aromatic rings. The van der Waals surface area contributed by atoms with Gasteiger partial charge in [0.15, 0.2) is 0 Å². The van der Waals surface area contributed by atoms with Gasteiger partial charge in [0, 0.05) is 20.0 Å². The van der Waals surface area contributed by atoms with Crippen LogP contribution in [-0.4, -0.2) is 48.6 Å². The quantitative estimate of drug-likeness (QED) is 0.566. The molecule has 82 valence electrons. The van der Waals surface area contributed by atoms with Crippen molar-refractivity contribution in [3.05, 3.63) is 0 Å². The second-order valence-electron chi connectivity index (χ2n) is 3.08. The summed E-state index contributed by atoms with van der Waals surface area (Å²) in [6.45, 7) is 3.44.